The van der Waals surface area contributed by atoms with Crippen LogP contribution in [-0.4, -0.2) is 29.0 Å². The largest absolute Gasteiger partial charge is 0.394 e. The first-order chi connectivity index (χ1) is 7.54. The van der Waals surface area contributed by atoms with Gasteiger partial charge in [-0.2, -0.15) is 0 Å². The van der Waals surface area contributed by atoms with Crippen molar-refractivity contribution in [1.82, 2.24) is 5.32 Å². The highest BCUT2D eigenvalue weighted by molar-refractivity contribution is 7.12. The van der Waals surface area contributed by atoms with E-state index in [0.717, 1.165) is 6.42 Å². The van der Waals surface area contributed by atoms with Crippen molar-refractivity contribution < 1.29 is 10.2 Å². The molecular weight excluding hydrogens is 222 g/mol. The first-order valence-electron chi connectivity index (χ1n) is 5.62. The maximum Gasteiger partial charge on any atom is 0.0633 e. The Morgan fingerprint density at radius 1 is 1.38 bits per heavy atom. The van der Waals surface area contributed by atoms with E-state index in [9.17, 15) is 10.2 Å². The maximum absolute atomic E-state index is 9.21. The number of hydrogen-bond donors (Lipinski definition) is 3. The molecule has 92 valence electrons. The van der Waals surface area contributed by atoms with Crippen molar-refractivity contribution in [3.63, 3.8) is 0 Å². The lowest BCUT2D eigenvalue weighted by atomic mass is 10.0. The van der Waals surface area contributed by atoms with Crippen molar-refractivity contribution in [1.29, 1.82) is 0 Å². The fourth-order valence-corrected chi connectivity index (χ4v) is 2.51. The van der Waals surface area contributed by atoms with Crippen LogP contribution in [0, 0.1) is 0 Å². The molecular formula is C12H21NO2S. The Labute approximate surface area is 101 Å². The number of aryl methyl sites for hydroxylation is 1. The molecule has 0 saturated carbocycles. The van der Waals surface area contributed by atoms with Crippen LogP contribution in [0.5, 0.6) is 0 Å². The molecule has 1 atom stereocenters. The van der Waals surface area contributed by atoms with E-state index in [1.165, 1.54) is 9.75 Å². The fourth-order valence-electron chi connectivity index (χ4n) is 1.55. The summed E-state index contributed by atoms with van der Waals surface area (Å²) in [5.74, 6) is 0. The third-order valence-corrected chi connectivity index (χ3v) is 4.13. The SMILES string of the molecule is CCc1ccc(C(C)NC(C)(CO)CO)s1. The molecule has 0 radical (unpaired) electrons. The molecule has 0 aliphatic rings. The first kappa shape index (κ1) is 13.6. The van der Waals surface area contributed by atoms with Crippen LogP contribution < -0.4 is 5.32 Å². The summed E-state index contributed by atoms with van der Waals surface area (Å²) in [7, 11) is 0. The molecule has 1 rings (SSSR count). The van der Waals surface area contributed by atoms with Gasteiger partial charge in [0.15, 0.2) is 0 Å². The molecule has 0 spiro atoms. The van der Waals surface area contributed by atoms with Crippen molar-refractivity contribution >= 4 is 11.3 Å². The van der Waals surface area contributed by atoms with Crippen molar-refractivity contribution in [2.45, 2.75) is 38.8 Å². The third kappa shape index (κ3) is 3.28. The number of nitrogens with one attached hydrogen (secondary N) is 1. The summed E-state index contributed by atoms with van der Waals surface area (Å²) >= 11 is 1.78. The predicted octanol–water partition coefficient (Wildman–Crippen LogP) is 1.70. The van der Waals surface area contributed by atoms with Gasteiger partial charge in [0, 0.05) is 15.8 Å². The van der Waals surface area contributed by atoms with E-state index < -0.39 is 5.54 Å². The minimum atomic E-state index is -0.615. The molecule has 1 heterocycles. The Morgan fingerprint density at radius 2 is 2.00 bits per heavy atom. The van der Waals surface area contributed by atoms with Crippen LogP contribution in [-0.2, 0) is 6.42 Å². The number of aliphatic hydroxyl groups is 2. The van der Waals surface area contributed by atoms with Crippen LogP contribution in [0.2, 0.25) is 0 Å². The van der Waals surface area contributed by atoms with Crippen molar-refractivity contribution in [3.05, 3.63) is 21.9 Å². The molecule has 0 aliphatic heterocycles. The zero-order chi connectivity index (χ0) is 12.2. The van der Waals surface area contributed by atoms with Gasteiger partial charge >= 0.3 is 0 Å². The highest BCUT2D eigenvalue weighted by Crippen LogP contribution is 2.25. The highest BCUT2D eigenvalue weighted by atomic mass is 32.1. The van der Waals surface area contributed by atoms with E-state index in [2.05, 4.69) is 31.3 Å². The van der Waals surface area contributed by atoms with E-state index in [0.29, 0.717) is 0 Å². The Kier molecular flexibility index (Phi) is 4.92. The molecule has 16 heavy (non-hydrogen) atoms. The van der Waals surface area contributed by atoms with E-state index in [4.69, 9.17) is 0 Å². The highest BCUT2D eigenvalue weighted by Gasteiger charge is 2.25. The van der Waals surface area contributed by atoms with Crippen LogP contribution in [0.4, 0.5) is 0 Å². The lowest BCUT2D eigenvalue weighted by Crippen LogP contribution is -2.49. The summed E-state index contributed by atoms with van der Waals surface area (Å²) in [5.41, 5.74) is -0.615. The normalized spacial score (nSPS) is 14.1. The summed E-state index contributed by atoms with van der Waals surface area (Å²) in [5, 5.41) is 21.7. The van der Waals surface area contributed by atoms with Crippen LogP contribution >= 0.6 is 11.3 Å². The van der Waals surface area contributed by atoms with Gasteiger partial charge in [0.05, 0.1) is 18.8 Å². The second-order valence-electron chi connectivity index (χ2n) is 4.40. The van der Waals surface area contributed by atoms with Crippen LogP contribution in [0.25, 0.3) is 0 Å². The molecule has 0 aliphatic carbocycles. The summed E-state index contributed by atoms with van der Waals surface area (Å²) in [6.07, 6.45) is 1.05. The lowest BCUT2D eigenvalue weighted by Gasteiger charge is -2.29. The molecule has 0 amide bonds. The number of aliphatic hydroxyl groups excluding tert-OH is 2. The van der Waals surface area contributed by atoms with E-state index in [1.54, 1.807) is 11.3 Å². The summed E-state index contributed by atoms with van der Waals surface area (Å²) < 4.78 is 0. The van der Waals surface area contributed by atoms with Gasteiger partial charge in [0.1, 0.15) is 0 Å². The number of hydrogen-bond acceptors (Lipinski definition) is 4. The molecule has 0 saturated heterocycles. The minimum absolute atomic E-state index is 0.0696. The van der Waals surface area contributed by atoms with Gasteiger partial charge in [0.2, 0.25) is 0 Å². The Bertz CT molecular complexity index is 321. The van der Waals surface area contributed by atoms with Gasteiger partial charge in [-0.3, -0.25) is 0 Å². The van der Waals surface area contributed by atoms with Gasteiger partial charge in [-0.15, -0.1) is 11.3 Å². The first-order valence-corrected chi connectivity index (χ1v) is 6.44. The third-order valence-electron chi connectivity index (χ3n) is 2.72. The second kappa shape index (κ2) is 5.77. The molecule has 3 N–H and O–H groups in total. The summed E-state index contributed by atoms with van der Waals surface area (Å²) in [6, 6.07) is 4.39. The molecule has 0 fully saturated rings. The molecule has 1 aromatic heterocycles. The number of rotatable bonds is 6. The predicted molar refractivity (Wildman–Crippen MR) is 67.8 cm³/mol. The van der Waals surface area contributed by atoms with Crippen molar-refractivity contribution in [2.75, 3.05) is 13.2 Å². The Balaban J connectivity index is 2.67. The fraction of sp³-hybridized carbons (Fsp3) is 0.667. The van der Waals surface area contributed by atoms with E-state index in [1.807, 2.05) is 6.92 Å². The molecule has 4 heteroatoms. The Morgan fingerprint density at radius 3 is 2.44 bits per heavy atom. The second-order valence-corrected chi connectivity index (χ2v) is 5.60. The molecule has 0 bridgehead atoms. The average molecular weight is 243 g/mol. The zero-order valence-corrected chi connectivity index (χ0v) is 11.0. The number of thiophene rings is 1. The average Bonchev–Trinajstić information content (AvgIpc) is 2.77. The Hall–Kier alpha value is -0.420. The van der Waals surface area contributed by atoms with Crippen LogP contribution in [0.1, 0.15) is 36.6 Å². The maximum atomic E-state index is 9.21. The van der Waals surface area contributed by atoms with Gasteiger partial charge in [-0.25, -0.2) is 0 Å². The van der Waals surface area contributed by atoms with Crippen LogP contribution in [0.15, 0.2) is 12.1 Å². The quantitative estimate of drug-likeness (QED) is 0.713. The zero-order valence-electron chi connectivity index (χ0n) is 10.2. The smallest absolute Gasteiger partial charge is 0.0633 e. The van der Waals surface area contributed by atoms with E-state index in [-0.39, 0.29) is 19.3 Å². The summed E-state index contributed by atoms with van der Waals surface area (Å²) in [6.45, 7) is 5.87. The topological polar surface area (TPSA) is 52.5 Å². The molecule has 1 aromatic rings. The summed E-state index contributed by atoms with van der Waals surface area (Å²) in [4.78, 5) is 2.60. The van der Waals surface area contributed by atoms with Gasteiger partial charge < -0.3 is 15.5 Å². The van der Waals surface area contributed by atoms with Gasteiger partial charge in [0.25, 0.3) is 0 Å². The standard InChI is InChI=1S/C12H21NO2S/c1-4-10-5-6-11(16-10)9(2)13-12(3,7-14)8-15/h5-6,9,13-15H,4,7-8H2,1-3H3. The monoisotopic (exact) mass is 243 g/mol. The van der Waals surface area contributed by atoms with Crippen molar-refractivity contribution in [3.8, 4) is 0 Å². The van der Waals surface area contributed by atoms with E-state index >= 15 is 0 Å². The minimum Gasteiger partial charge on any atom is -0.394 e. The lowest BCUT2D eigenvalue weighted by molar-refractivity contribution is 0.0961. The molecule has 0 aromatic carbocycles. The van der Waals surface area contributed by atoms with Crippen molar-refractivity contribution in [2.24, 2.45) is 0 Å². The van der Waals surface area contributed by atoms with Crippen LogP contribution in [0.3, 0.4) is 0 Å². The van der Waals surface area contributed by atoms with Gasteiger partial charge in [-0.05, 0) is 32.4 Å². The molecule has 1 unspecified atom stereocenters. The van der Waals surface area contributed by atoms with Gasteiger partial charge in [-0.1, -0.05) is 6.92 Å². The molecule has 3 nitrogen and oxygen atoms in total.